The predicted octanol–water partition coefficient (Wildman–Crippen LogP) is 1.80. The zero-order valence-corrected chi connectivity index (χ0v) is 11.5. The maximum absolute atomic E-state index is 5.82. The minimum absolute atomic E-state index is 0.489. The molecule has 0 bridgehead atoms. The fourth-order valence-electron chi connectivity index (χ4n) is 2.79. The van der Waals surface area contributed by atoms with Crippen LogP contribution in [0.4, 0.5) is 0 Å². The van der Waals surface area contributed by atoms with Crippen molar-refractivity contribution in [3.05, 3.63) is 0 Å². The van der Waals surface area contributed by atoms with E-state index in [9.17, 15) is 0 Å². The van der Waals surface area contributed by atoms with E-state index in [-0.39, 0.29) is 0 Å². The Kier molecular flexibility index (Phi) is 6.06. The molecular weight excluding hydrogens is 236 g/mol. The predicted molar refractivity (Wildman–Crippen MR) is 71.8 cm³/mol. The van der Waals surface area contributed by atoms with Gasteiger partial charge >= 0.3 is 0 Å². The van der Waals surface area contributed by atoms with E-state index in [1.54, 1.807) is 0 Å². The molecule has 0 aromatic carbocycles. The van der Waals surface area contributed by atoms with Gasteiger partial charge in [-0.2, -0.15) is 0 Å². The zero-order valence-electron chi connectivity index (χ0n) is 10.7. The molecule has 1 unspecified atom stereocenters. The van der Waals surface area contributed by atoms with Crippen LogP contribution in [0.15, 0.2) is 0 Å². The Bertz CT molecular complexity index is 210. The molecule has 0 N–H and O–H groups in total. The first kappa shape index (κ1) is 13.6. The van der Waals surface area contributed by atoms with Gasteiger partial charge < -0.3 is 9.64 Å². The van der Waals surface area contributed by atoms with Crippen molar-refractivity contribution in [2.24, 2.45) is 0 Å². The molecule has 0 amide bonds. The van der Waals surface area contributed by atoms with Crippen LogP contribution in [-0.2, 0) is 4.74 Å². The fourth-order valence-corrected chi connectivity index (χ4v) is 3.03. The van der Waals surface area contributed by atoms with Gasteiger partial charge in [0, 0.05) is 38.7 Å². The van der Waals surface area contributed by atoms with Crippen LogP contribution in [0.3, 0.4) is 0 Å². The lowest BCUT2D eigenvalue weighted by Gasteiger charge is -2.29. The first-order valence-electron chi connectivity index (χ1n) is 7.01. The number of nitrogens with zero attached hydrogens (tertiary/aromatic N) is 2. The van der Waals surface area contributed by atoms with Gasteiger partial charge in [0.1, 0.15) is 0 Å². The van der Waals surface area contributed by atoms with Crippen LogP contribution in [0.2, 0.25) is 0 Å². The second-order valence-corrected chi connectivity index (χ2v) is 5.55. The van der Waals surface area contributed by atoms with E-state index in [2.05, 4.69) is 9.80 Å². The minimum Gasteiger partial charge on any atom is -0.377 e. The lowest BCUT2D eigenvalue weighted by Crippen LogP contribution is -2.38. The molecule has 3 nitrogen and oxygen atoms in total. The molecular formula is C13H25ClN2O. The molecule has 0 radical (unpaired) electrons. The highest BCUT2D eigenvalue weighted by Crippen LogP contribution is 2.14. The van der Waals surface area contributed by atoms with Gasteiger partial charge in [-0.15, -0.1) is 11.6 Å². The Morgan fingerprint density at radius 1 is 1.00 bits per heavy atom. The number of rotatable bonds is 4. The molecule has 0 aromatic rings. The average molecular weight is 261 g/mol. The Hall–Kier alpha value is 0.170. The summed E-state index contributed by atoms with van der Waals surface area (Å²) >= 11 is 5.80. The summed E-state index contributed by atoms with van der Waals surface area (Å²) in [4.78, 5) is 5.05. The third-order valence-electron chi connectivity index (χ3n) is 3.82. The Morgan fingerprint density at radius 3 is 2.59 bits per heavy atom. The van der Waals surface area contributed by atoms with Crippen LogP contribution in [0.5, 0.6) is 0 Å². The Morgan fingerprint density at radius 2 is 1.82 bits per heavy atom. The van der Waals surface area contributed by atoms with E-state index in [0.29, 0.717) is 6.10 Å². The largest absolute Gasteiger partial charge is 0.377 e. The smallest absolute Gasteiger partial charge is 0.0702 e. The minimum atomic E-state index is 0.489. The van der Waals surface area contributed by atoms with Crippen LogP contribution in [-0.4, -0.2) is 67.7 Å². The molecule has 2 heterocycles. The third kappa shape index (κ3) is 4.74. The molecule has 2 saturated heterocycles. The highest BCUT2D eigenvalue weighted by atomic mass is 35.5. The molecule has 1 atom stereocenters. The maximum atomic E-state index is 5.82. The highest BCUT2D eigenvalue weighted by molar-refractivity contribution is 6.18. The van der Waals surface area contributed by atoms with Crippen LogP contribution < -0.4 is 0 Å². The molecule has 0 aromatic heterocycles. The molecule has 2 aliphatic heterocycles. The zero-order chi connectivity index (χ0) is 11.9. The second-order valence-electron chi connectivity index (χ2n) is 5.17. The van der Waals surface area contributed by atoms with Crippen molar-refractivity contribution in [1.82, 2.24) is 9.80 Å². The van der Waals surface area contributed by atoms with Crippen molar-refractivity contribution in [2.45, 2.75) is 31.8 Å². The van der Waals surface area contributed by atoms with Gasteiger partial charge in [0.15, 0.2) is 0 Å². The van der Waals surface area contributed by atoms with Gasteiger partial charge in [0.05, 0.1) is 6.10 Å². The highest BCUT2D eigenvalue weighted by Gasteiger charge is 2.20. The molecule has 0 aliphatic carbocycles. The fraction of sp³-hybridized carbons (Fsp3) is 1.00. The SMILES string of the molecule is ClCCN1CCCN(CC2CCCCO2)CC1. The molecule has 4 heteroatoms. The number of hydrogen-bond acceptors (Lipinski definition) is 3. The number of alkyl halides is 1. The van der Waals surface area contributed by atoms with E-state index >= 15 is 0 Å². The topological polar surface area (TPSA) is 15.7 Å². The van der Waals surface area contributed by atoms with E-state index in [1.807, 2.05) is 0 Å². The normalized spacial score (nSPS) is 29.1. The van der Waals surface area contributed by atoms with Gasteiger partial charge in [-0.3, -0.25) is 4.90 Å². The molecule has 17 heavy (non-hydrogen) atoms. The molecule has 100 valence electrons. The van der Waals surface area contributed by atoms with Crippen molar-refractivity contribution >= 4 is 11.6 Å². The van der Waals surface area contributed by atoms with Gasteiger partial charge in [-0.1, -0.05) is 0 Å². The molecule has 2 aliphatic rings. The number of ether oxygens (including phenoxy) is 1. The van der Waals surface area contributed by atoms with Crippen molar-refractivity contribution in [1.29, 1.82) is 0 Å². The van der Waals surface area contributed by atoms with Crippen LogP contribution >= 0.6 is 11.6 Å². The van der Waals surface area contributed by atoms with Crippen molar-refractivity contribution in [3.8, 4) is 0 Å². The molecule has 2 fully saturated rings. The summed E-state index contributed by atoms with van der Waals surface area (Å²) < 4.78 is 5.82. The summed E-state index contributed by atoms with van der Waals surface area (Å²) in [5.41, 5.74) is 0. The molecule has 0 saturated carbocycles. The second kappa shape index (κ2) is 7.57. The standard InChI is InChI=1S/C13H25ClN2O/c14-5-8-15-6-3-7-16(10-9-15)12-13-4-1-2-11-17-13/h13H,1-12H2. The first-order chi connectivity index (χ1) is 8.38. The van der Waals surface area contributed by atoms with Gasteiger partial charge in [0.2, 0.25) is 0 Å². The van der Waals surface area contributed by atoms with E-state index in [1.165, 1.54) is 51.9 Å². The lowest BCUT2D eigenvalue weighted by atomic mass is 10.1. The Balaban J connectivity index is 1.70. The molecule has 2 rings (SSSR count). The summed E-state index contributed by atoms with van der Waals surface area (Å²) in [6.45, 7) is 7.91. The van der Waals surface area contributed by atoms with Gasteiger partial charge in [-0.25, -0.2) is 0 Å². The summed E-state index contributed by atoms with van der Waals surface area (Å²) in [6.07, 6.45) is 5.60. The number of hydrogen-bond donors (Lipinski definition) is 0. The van der Waals surface area contributed by atoms with Crippen molar-refractivity contribution in [2.75, 3.05) is 51.8 Å². The summed E-state index contributed by atoms with van der Waals surface area (Å²) in [5, 5.41) is 0. The van der Waals surface area contributed by atoms with E-state index in [0.717, 1.165) is 25.6 Å². The number of halogens is 1. The monoisotopic (exact) mass is 260 g/mol. The van der Waals surface area contributed by atoms with Gasteiger partial charge in [0.25, 0.3) is 0 Å². The maximum Gasteiger partial charge on any atom is 0.0702 e. The summed E-state index contributed by atoms with van der Waals surface area (Å²) in [5.74, 6) is 0.756. The van der Waals surface area contributed by atoms with E-state index < -0.39 is 0 Å². The quantitative estimate of drug-likeness (QED) is 0.717. The third-order valence-corrected chi connectivity index (χ3v) is 3.99. The van der Waals surface area contributed by atoms with Crippen LogP contribution in [0, 0.1) is 0 Å². The van der Waals surface area contributed by atoms with Crippen LogP contribution in [0.1, 0.15) is 25.7 Å². The van der Waals surface area contributed by atoms with E-state index in [4.69, 9.17) is 16.3 Å². The van der Waals surface area contributed by atoms with Crippen molar-refractivity contribution < 1.29 is 4.74 Å². The van der Waals surface area contributed by atoms with Crippen LogP contribution in [0.25, 0.3) is 0 Å². The van der Waals surface area contributed by atoms with Gasteiger partial charge in [-0.05, 0) is 38.8 Å². The summed E-state index contributed by atoms with van der Waals surface area (Å²) in [6, 6.07) is 0. The Labute approximate surface area is 110 Å². The molecule has 0 spiro atoms. The lowest BCUT2D eigenvalue weighted by molar-refractivity contribution is -0.00495. The summed E-state index contributed by atoms with van der Waals surface area (Å²) in [7, 11) is 0. The average Bonchev–Trinajstić information content (AvgIpc) is 2.57. The van der Waals surface area contributed by atoms with Crippen molar-refractivity contribution in [3.63, 3.8) is 0 Å². The first-order valence-corrected chi connectivity index (χ1v) is 7.54.